The fraction of sp³-hybridized carbons (Fsp3) is 0.350. The topological polar surface area (TPSA) is 101 Å². The molecular formula is C20H21N5O3. The van der Waals surface area contributed by atoms with E-state index in [1.807, 2.05) is 37.3 Å². The number of hydrogen-bond acceptors (Lipinski definition) is 5. The summed E-state index contributed by atoms with van der Waals surface area (Å²) in [6.07, 6.45) is 2.96. The predicted octanol–water partition coefficient (Wildman–Crippen LogP) is 2.45. The minimum atomic E-state index is -0.980. The largest absolute Gasteiger partial charge is 0.480 e. The number of fused-ring (bicyclic) bond motifs is 1. The Morgan fingerprint density at radius 2 is 2.07 bits per heavy atom. The summed E-state index contributed by atoms with van der Waals surface area (Å²) in [6, 6.07) is 8.68. The maximum absolute atomic E-state index is 13.0. The number of aliphatic carboxylic acids is 1. The second-order valence-electron chi connectivity index (χ2n) is 7.30. The third kappa shape index (κ3) is 3.11. The van der Waals surface area contributed by atoms with Crippen LogP contribution in [0.2, 0.25) is 0 Å². The maximum Gasteiger partial charge on any atom is 0.326 e. The van der Waals surface area contributed by atoms with Crippen LogP contribution in [0, 0.1) is 12.8 Å². The number of carboxylic acids is 1. The van der Waals surface area contributed by atoms with Crippen LogP contribution >= 0.6 is 0 Å². The standard InChI is InChI=1S/C20H21N5O3/c1-12-7-9-24(17(10-12)20(27)28)19(26)18-13(2)25(23-22-18)15-5-6-16-14(11-15)4-3-8-21-16/h3-6,8,11-12,17H,7,9-10H2,1-2H3,(H,27,28). The Hall–Kier alpha value is -3.29. The summed E-state index contributed by atoms with van der Waals surface area (Å²) in [7, 11) is 0. The molecule has 0 aliphatic carbocycles. The van der Waals surface area contributed by atoms with E-state index in [4.69, 9.17) is 0 Å². The molecule has 4 rings (SSSR count). The molecule has 144 valence electrons. The second-order valence-corrected chi connectivity index (χ2v) is 7.30. The van der Waals surface area contributed by atoms with Crippen LogP contribution in [-0.4, -0.2) is 54.4 Å². The fourth-order valence-corrected chi connectivity index (χ4v) is 3.72. The molecule has 1 fully saturated rings. The van der Waals surface area contributed by atoms with Crippen molar-refractivity contribution in [1.82, 2.24) is 24.9 Å². The van der Waals surface area contributed by atoms with Crippen molar-refractivity contribution >= 4 is 22.8 Å². The molecule has 1 amide bonds. The normalized spacial score (nSPS) is 19.7. The van der Waals surface area contributed by atoms with Gasteiger partial charge < -0.3 is 10.0 Å². The first-order valence-corrected chi connectivity index (χ1v) is 9.27. The van der Waals surface area contributed by atoms with Gasteiger partial charge >= 0.3 is 5.97 Å². The van der Waals surface area contributed by atoms with Crippen LogP contribution in [0.4, 0.5) is 0 Å². The van der Waals surface area contributed by atoms with Gasteiger partial charge in [0, 0.05) is 18.1 Å². The Bertz CT molecular complexity index is 1060. The number of aromatic nitrogens is 4. The predicted molar refractivity (Wildman–Crippen MR) is 102 cm³/mol. The van der Waals surface area contributed by atoms with Crippen molar-refractivity contribution in [3.63, 3.8) is 0 Å². The highest BCUT2D eigenvalue weighted by Crippen LogP contribution is 2.25. The lowest BCUT2D eigenvalue weighted by Crippen LogP contribution is -2.50. The first-order valence-electron chi connectivity index (χ1n) is 9.27. The molecule has 2 unspecified atom stereocenters. The van der Waals surface area contributed by atoms with Crippen LogP contribution in [-0.2, 0) is 4.79 Å². The number of pyridine rings is 1. The summed E-state index contributed by atoms with van der Waals surface area (Å²) in [5.74, 6) is -1.09. The molecule has 1 saturated heterocycles. The number of nitrogens with zero attached hydrogens (tertiary/aromatic N) is 5. The lowest BCUT2D eigenvalue weighted by Gasteiger charge is -2.35. The molecule has 28 heavy (non-hydrogen) atoms. The number of piperidine rings is 1. The summed E-state index contributed by atoms with van der Waals surface area (Å²) in [4.78, 5) is 30.4. The number of hydrogen-bond donors (Lipinski definition) is 1. The Morgan fingerprint density at radius 1 is 1.25 bits per heavy atom. The first-order chi connectivity index (χ1) is 13.5. The summed E-state index contributed by atoms with van der Waals surface area (Å²) >= 11 is 0. The lowest BCUT2D eigenvalue weighted by molar-refractivity contribution is -0.144. The highest BCUT2D eigenvalue weighted by Gasteiger charge is 2.37. The highest BCUT2D eigenvalue weighted by molar-refractivity contribution is 5.96. The zero-order valence-electron chi connectivity index (χ0n) is 15.7. The van der Waals surface area contributed by atoms with E-state index in [9.17, 15) is 14.7 Å². The summed E-state index contributed by atoms with van der Waals surface area (Å²) in [5, 5.41) is 18.7. The van der Waals surface area contributed by atoms with Crippen LogP contribution in [0.1, 0.15) is 35.9 Å². The van der Waals surface area contributed by atoms with Crippen molar-refractivity contribution in [2.24, 2.45) is 5.92 Å². The number of carbonyl (C=O) groups is 2. The van der Waals surface area contributed by atoms with Gasteiger partial charge in [-0.15, -0.1) is 5.10 Å². The summed E-state index contributed by atoms with van der Waals surface area (Å²) < 4.78 is 1.60. The SMILES string of the molecule is Cc1c(C(=O)N2CCC(C)CC2C(=O)O)nnn1-c1ccc2ncccc2c1. The molecule has 0 bridgehead atoms. The minimum Gasteiger partial charge on any atom is -0.480 e. The highest BCUT2D eigenvalue weighted by atomic mass is 16.4. The lowest BCUT2D eigenvalue weighted by atomic mass is 9.92. The molecule has 2 aromatic heterocycles. The van der Waals surface area contributed by atoms with Gasteiger partial charge in [-0.1, -0.05) is 18.2 Å². The quantitative estimate of drug-likeness (QED) is 0.750. The molecule has 2 atom stereocenters. The Labute approximate surface area is 161 Å². The molecule has 0 saturated carbocycles. The van der Waals surface area contributed by atoms with Crippen molar-refractivity contribution in [2.45, 2.75) is 32.7 Å². The van der Waals surface area contributed by atoms with E-state index in [1.165, 1.54) is 4.90 Å². The van der Waals surface area contributed by atoms with Crippen LogP contribution < -0.4 is 0 Å². The van der Waals surface area contributed by atoms with Crippen molar-refractivity contribution in [2.75, 3.05) is 6.54 Å². The summed E-state index contributed by atoms with van der Waals surface area (Å²) in [6.45, 7) is 4.18. The molecule has 3 aromatic rings. The number of carbonyl (C=O) groups excluding carboxylic acids is 1. The number of carboxylic acid groups (broad SMARTS) is 1. The van der Waals surface area contributed by atoms with Crippen LogP contribution in [0.15, 0.2) is 36.5 Å². The third-order valence-electron chi connectivity index (χ3n) is 5.34. The van der Waals surface area contributed by atoms with E-state index in [2.05, 4.69) is 15.3 Å². The van der Waals surface area contributed by atoms with Crippen LogP contribution in [0.25, 0.3) is 16.6 Å². The molecule has 0 radical (unpaired) electrons. The average Bonchev–Trinajstić information content (AvgIpc) is 3.08. The average molecular weight is 379 g/mol. The van der Waals surface area contributed by atoms with Gasteiger partial charge in [0.05, 0.1) is 16.9 Å². The zero-order chi connectivity index (χ0) is 19.8. The molecule has 1 aliphatic heterocycles. The monoisotopic (exact) mass is 379 g/mol. The van der Waals surface area contributed by atoms with Gasteiger partial charge in [-0.25, -0.2) is 9.48 Å². The molecule has 0 spiro atoms. The van der Waals surface area contributed by atoms with E-state index in [1.54, 1.807) is 17.8 Å². The molecule has 1 aromatic carbocycles. The van der Waals surface area contributed by atoms with Gasteiger partial charge in [-0.05, 0) is 49.9 Å². The van der Waals surface area contributed by atoms with Crippen molar-refractivity contribution in [3.8, 4) is 5.69 Å². The van der Waals surface area contributed by atoms with Crippen LogP contribution in [0.3, 0.4) is 0 Å². The van der Waals surface area contributed by atoms with E-state index in [-0.39, 0.29) is 17.5 Å². The van der Waals surface area contributed by atoms with Gasteiger partial charge in [0.2, 0.25) is 0 Å². The molecule has 1 N–H and O–H groups in total. The Balaban J connectivity index is 1.67. The number of rotatable bonds is 3. The molecular weight excluding hydrogens is 358 g/mol. The van der Waals surface area contributed by atoms with Gasteiger partial charge in [0.25, 0.3) is 5.91 Å². The number of likely N-dealkylation sites (tertiary alicyclic amines) is 1. The molecule has 8 nitrogen and oxygen atoms in total. The second kappa shape index (κ2) is 7.03. The van der Waals surface area contributed by atoms with E-state index in [0.29, 0.717) is 18.7 Å². The van der Waals surface area contributed by atoms with Gasteiger partial charge in [0.1, 0.15) is 6.04 Å². The Kier molecular flexibility index (Phi) is 4.54. The fourth-order valence-electron chi connectivity index (χ4n) is 3.72. The Morgan fingerprint density at radius 3 is 2.86 bits per heavy atom. The van der Waals surface area contributed by atoms with Crippen molar-refractivity contribution < 1.29 is 14.7 Å². The van der Waals surface area contributed by atoms with Crippen LogP contribution in [0.5, 0.6) is 0 Å². The number of amides is 1. The smallest absolute Gasteiger partial charge is 0.326 e. The van der Waals surface area contributed by atoms with Gasteiger partial charge in [-0.2, -0.15) is 0 Å². The van der Waals surface area contributed by atoms with Gasteiger partial charge in [-0.3, -0.25) is 9.78 Å². The first kappa shape index (κ1) is 18.1. The zero-order valence-corrected chi connectivity index (χ0v) is 15.7. The van der Waals surface area contributed by atoms with E-state index in [0.717, 1.165) is 23.0 Å². The van der Waals surface area contributed by atoms with Crippen molar-refractivity contribution in [3.05, 3.63) is 47.9 Å². The van der Waals surface area contributed by atoms with Gasteiger partial charge in [0.15, 0.2) is 5.69 Å². The maximum atomic E-state index is 13.0. The van der Waals surface area contributed by atoms with E-state index >= 15 is 0 Å². The minimum absolute atomic E-state index is 0.187. The summed E-state index contributed by atoms with van der Waals surface area (Å²) in [5.41, 5.74) is 2.40. The number of benzene rings is 1. The molecule has 3 heterocycles. The van der Waals surface area contributed by atoms with Crippen molar-refractivity contribution in [1.29, 1.82) is 0 Å². The molecule has 1 aliphatic rings. The third-order valence-corrected chi connectivity index (χ3v) is 5.34. The molecule has 8 heteroatoms. The van der Waals surface area contributed by atoms with E-state index < -0.39 is 12.0 Å².